The molecule has 0 atom stereocenters. The van der Waals surface area contributed by atoms with Gasteiger partial charge in [-0.25, -0.2) is 0 Å². The molecule has 3 rings (SSSR count). The van der Waals surface area contributed by atoms with E-state index in [4.69, 9.17) is 11.5 Å². The Hall–Kier alpha value is -3.06. The molecule has 0 fully saturated rings. The summed E-state index contributed by atoms with van der Waals surface area (Å²) in [6.45, 7) is 0. The van der Waals surface area contributed by atoms with Gasteiger partial charge in [-0.1, -0.05) is 24.3 Å². The molecule has 10 heteroatoms. The molecule has 3 nitrogen and oxygen atoms in total. The van der Waals surface area contributed by atoms with Gasteiger partial charge in [0.2, 0.25) is 0 Å². The number of halogens is 6. The van der Waals surface area contributed by atoms with Crippen LogP contribution in [0.2, 0.25) is 0 Å². The van der Waals surface area contributed by atoms with E-state index in [1.165, 1.54) is 36.4 Å². The summed E-state index contributed by atoms with van der Waals surface area (Å²) in [5.41, 5.74) is 6.02. The quantitative estimate of drug-likeness (QED) is 0.291. The van der Waals surface area contributed by atoms with Crippen molar-refractivity contribution in [1.29, 1.82) is 0 Å². The highest BCUT2D eigenvalue weighted by molar-refractivity contribution is 7.34. The molecular weight excluding hydrogens is 429 g/mol. The number of rotatable bonds is 3. The number of anilines is 2. The van der Waals surface area contributed by atoms with Gasteiger partial charge in [0, 0.05) is 22.5 Å². The van der Waals surface area contributed by atoms with Gasteiger partial charge in [-0.05, 0) is 41.5 Å². The summed E-state index contributed by atoms with van der Waals surface area (Å²) in [4.78, 5) is 0. The molecular formula is C20H13F6N2OP. The van der Waals surface area contributed by atoms with Crippen LogP contribution in [-0.4, -0.2) is 0 Å². The van der Waals surface area contributed by atoms with Crippen LogP contribution in [0.5, 0.6) is 0 Å². The van der Waals surface area contributed by atoms with Crippen molar-refractivity contribution in [3.63, 3.8) is 0 Å². The van der Waals surface area contributed by atoms with Gasteiger partial charge in [0.15, 0.2) is 8.46 Å². The smallest absolute Gasteiger partial charge is 0.399 e. The van der Waals surface area contributed by atoms with Crippen LogP contribution in [-0.2, 0) is 16.9 Å². The fourth-order valence-corrected chi connectivity index (χ4v) is 3.74. The van der Waals surface area contributed by atoms with Crippen molar-refractivity contribution < 1.29 is 30.9 Å². The van der Waals surface area contributed by atoms with E-state index in [1.54, 1.807) is 0 Å². The average molecular weight is 442 g/mol. The summed E-state index contributed by atoms with van der Waals surface area (Å²) < 4.78 is 95.7. The van der Waals surface area contributed by atoms with Gasteiger partial charge in [0.1, 0.15) is 0 Å². The molecule has 0 aliphatic rings. The van der Waals surface area contributed by atoms with Crippen LogP contribution in [0.15, 0.2) is 54.6 Å². The maximum Gasteiger partial charge on any atom is 0.417 e. The monoisotopic (exact) mass is 442 g/mol. The normalized spacial score (nSPS) is 12.3. The number of nitrogen functional groups attached to an aromatic ring is 2. The molecule has 30 heavy (non-hydrogen) atoms. The predicted molar refractivity (Wildman–Crippen MR) is 103 cm³/mol. The summed E-state index contributed by atoms with van der Waals surface area (Å²) in [7, 11) is -1.01. The summed E-state index contributed by atoms with van der Waals surface area (Å²) in [5, 5.41) is -0.659. The van der Waals surface area contributed by atoms with Crippen LogP contribution in [0.4, 0.5) is 37.7 Å². The fourth-order valence-electron chi connectivity index (χ4n) is 3.23. The van der Waals surface area contributed by atoms with Crippen molar-refractivity contribution in [3.8, 4) is 22.3 Å². The van der Waals surface area contributed by atoms with Gasteiger partial charge in [-0.15, -0.1) is 0 Å². The lowest BCUT2D eigenvalue weighted by Crippen LogP contribution is -2.20. The molecule has 0 saturated heterocycles. The molecule has 0 unspecified atom stereocenters. The number of benzene rings is 3. The van der Waals surface area contributed by atoms with Crippen molar-refractivity contribution in [2.45, 2.75) is 12.4 Å². The van der Waals surface area contributed by atoms with Gasteiger partial charge in [0.25, 0.3) is 0 Å². The molecule has 156 valence electrons. The Balaban J connectivity index is 2.59. The highest BCUT2D eigenvalue weighted by Crippen LogP contribution is 2.49. The van der Waals surface area contributed by atoms with Crippen LogP contribution in [0.3, 0.4) is 0 Å². The maximum absolute atomic E-state index is 14.2. The molecule has 0 aromatic heterocycles. The van der Waals surface area contributed by atoms with Gasteiger partial charge >= 0.3 is 12.4 Å². The lowest BCUT2D eigenvalue weighted by atomic mass is 9.87. The van der Waals surface area contributed by atoms with E-state index in [0.717, 1.165) is 12.1 Å². The van der Waals surface area contributed by atoms with Crippen molar-refractivity contribution in [2.75, 3.05) is 11.5 Å². The summed E-state index contributed by atoms with van der Waals surface area (Å²) >= 11 is 0. The molecule has 0 aliphatic carbocycles. The van der Waals surface area contributed by atoms with Crippen molar-refractivity contribution >= 4 is 25.1 Å². The van der Waals surface area contributed by atoms with Crippen LogP contribution in [0.25, 0.3) is 22.3 Å². The van der Waals surface area contributed by atoms with Crippen LogP contribution in [0.1, 0.15) is 11.1 Å². The number of alkyl halides is 6. The summed E-state index contributed by atoms with van der Waals surface area (Å²) in [5.74, 6) is 0. The predicted octanol–water partition coefficient (Wildman–Crippen LogP) is 6.14. The first-order valence-electron chi connectivity index (χ1n) is 8.34. The highest BCUT2D eigenvalue weighted by Gasteiger charge is 2.44. The molecule has 4 N–H and O–H groups in total. The van der Waals surface area contributed by atoms with E-state index >= 15 is 0 Å². The molecule has 0 saturated carbocycles. The molecule has 0 spiro atoms. The van der Waals surface area contributed by atoms with Gasteiger partial charge < -0.3 is 11.5 Å². The Morgan fingerprint density at radius 1 is 0.700 bits per heavy atom. The second-order valence-corrected chi connectivity index (χ2v) is 7.07. The SMILES string of the molecule is Nc1cccc(-c2c(P=O)cc(C(F)(F)F)c(-c3cccc(N)c3)c2C(F)(F)F)c1. The third kappa shape index (κ3) is 4.11. The van der Waals surface area contributed by atoms with Gasteiger partial charge in [0.05, 0.1) is 16.4 Å². The average Bonchev–Trinajstić information content (AvgIpc) is 2.64. The maximum atomic E-state index is 14.2. The Bertz CT molecular complexity index is 1130. The zero-order valence-corrected chi connectivity index (χ0v) is 15.9. The lowest BCUT2D eigenvalue weighted by Gasteiger charge is -2.24. The lowest BCUT2D eigenvalue weighted by molar-refractivity contribution is -0.141. The molecule has 0 radical (unpaired) electrons. The van der Waals surface area contributed by atoms with Crippen molar-refractivity contribution in [2.24, 2.45) is 0 Å². The zero-order valence-electron chi connectivity index (χ0n) is 15.0. The molecule has 3 aromatic rings. The third-order valence-corrected chi connectivity index (χ3v) is 4.89. The Kier molecular flexibility index (Phi) is 5.52. The first-order valence-corrected chi connectivity index (χ1v) is 9.15. The second-order valence-electron chi connectivity index (χ2n) is 6.41. The summed E-state index contributed by atoms with van der Waals surface area (Å²) in [6.07, 6.45) is -10.4. The topological polar surface area (TPSA) is 69.1 Å². The standard InChI is InChI=1S/C20H13F6N2OP/c21-19(22,23)14-9-15(30-29)17(11-4-2-6-13(28)8-11)18(20(24,25)26)16(14)10-3-1-5-12(27)7-10/h1-9H,27-28H2. The first-order chi connectivity index (χ1) is 13.9. The zero-order chi connectivity index (χ0) is 22.3. The minimum Gasteiger partial charge on any atom is -0.399 e. The Morgan fingerprint density at radius 2 is 1.20 bits per heavy atom. The van der Waals surface area contributed by atoms with E-state index in [0.29, 0.717) is 6.07 Å². The molecule has 3 aromatic carbocycles. The Labute approximate surface area is 168 Å². The van der Waals surface area contributed by atoms with E-state index in [-0.39, 0.29) is 22.5 Å². The van der Waals surface area contributed by atoms with Crippen LogP contribution < -0.4 is 16.8 Å². The second kappa shape index (κ2) is 7.65. The minimum absolute atomic E-state index is 0.00900. The van der Waals surface area contributed by atoms with E-state index < -0.39 is 48.4 Å². The van der Waals surface area contributed by atoms with E-state index in [9.17, 15) is 30.9 Å². The van der Waals surface area contributed by atoms with Crippen LogP contribution in [0, 0.1) is 0 Å². The van der Waals surface area contributed by atoms with E-state index in [2.05, 4.69) is 0 Å². The van der Waals surface area contributed by atoms with E-state index in [1.807, 2.05) is 0 Å². The Morgan fingerprint density at radius 3 is 1.60 bits per heavy atom. The summed E-state index contributed by atoms with van der Waals surface area (Å²) in [6, 6.07) is 10.4. The van der Waals surface area contributed by atoms with Gasteiger partial charge in [-0.2, -0.15) is 26.3 Å². The van der Waals surface area contributed by atoms with Gasteiger partial charge in [-0.3, -0.25) is 4.57 Å². The molecule has 0 aliphatic heterocycles. The van der Waals surface area contributed by atoms with Crippen molar-refractivity contribution in [3.05, 3.63) is 65.7 Å². The minimum atomic E-state index is -5.21. The largest absolute Gasteiger partial charge is 0.417 e. The highest BCUT2D eigenvalue weighted by atomic mass is 31.1. The first kappa shape index (κ1) is 21.6. The number of hydrogen-bond donors (Lipinski definition) is 2. The molecule has 0 amide bonds. The van der Waals surface area contributed by atoms with Crippen LogP contribution >= 0.6 is 8.46 Å². The number of hydrogen-bond acceptors (Lipinski definition) is 3. The fraction of sp³-hybridized carbons (Fsp3) is 0.100. The molecule has 0 heterocycles. The third-order valence-electron chi connectivity index (χ3n) is 4.34. The number of nitrogens with two attached hydrogens (primary N) is 2. The molecule has 0 bridgehead atoms. The van der Waals surface area contributed by atoms with Crippen molar-refractivity contribution in [1.82, 2.24) is 0 Å².